The van der Waals surface area contributed by atoms with Crippen LogP contribution in [0.5, 0.6) is 0 Å². The molecule has 0 bridgehead atoms. The Kier molecular flexibility index (Phi) is 4.34. The standard InChI is InChI=1S/C13H12Cl2N2OS/c1-7(8-2-3-19-6-8)17-13(18)9-4-10(14)12(15)11(16)5-9/h2-7H,16H2,1H3,(H,17,18). The normalized spacial score (nSPS) is 12.2. The molecule has 0 aliphatic carbocycles. The van der Waals surface area contributed by atoms with E-state index in [1.807, 2.05) is 23.8 Å². The minimum Gasteiger partial charge on any atom is -0.397 e. The maximum atomic E-state index is 12.1. The molecule has 0 saturated heterocycles. The highest BCUT2D eigenvalue weighted by molar-refractivity contribution is 7.07. The number of amides is 1. The Hall–Kier alpha value is -1.23. The number of thiophene rings is 1. The van der Waals surface area contributed by atoms with Crippen LogP contribution in [0.2, 0.25) is 10.0 Å². The maximum Gasteiger partial charge on any atom is 0.251 e. The molecule has 0 aliphatic heterocycles. The van der Waals surface area contributed by atoms with Crippen molar-refractivity contribution in [2.75, 3.05) is 5.73 Å². The molecule has 100 valence electrons. The van der Waals surface area contributed by atoms with E-state index in [2.05, 4.69) is 5.32 Å². The fourth-order valence-electron chi connectivity index (χ4n) is 1.63. The van der Waals surface area contributed by atoms with Crippen molar-refractivity contribution in [2.45, 2.75) is 13.0 Å². The zero-order valence-corrected chi connectivity index (χ0v) is 12.4. The number of halogens is 2. The van der Waals surface area contributed by atoms with Gasteiger partial charge in [0.25, 0.3) is 5.91 Å². The molecule has 0 fully saturated rings. The predicted octanol–water partition coefficient (Wildman–Crippen LogP) is 4.13. The van der Waals surface area contributed by atoms with Crippen LogP contribution in [-0.4, -0.2) is 5.91 Å². The lowest BCUT2D eigenvalue weighted by Gasteiger charge is -2.13. The Balaban J connectivity index is 2.16. The van der Waals surface area contributed by atoms with Gasteiger partial charge in [-0.05, 0) is 41.4 Å². The minimum atomic E-state index is -0.232. The summed E-state index contributed by atoms with van der Waals surface area (Å²) in [6, 6.07) is 4.92. The van der Waals surface area contributed by atoms with E-state index in [1.54, 1.807) is 11.3 Å². The van der Waals surface area contributed by atoms with Crippen molar-refractivity contribution in [3.05, 3.63) is 50.1 Å². The third kappa shape index (κ3) is 3.21. The first-order chi connectivity index (χ1) is 8.99. The number of nitrogen functional groups attached to an aromatic ring is 1. The fraction of sp³-hybridized carbons (Fsp3) is 0.154. The van der Waals surface area contributed by atoms with Gasteiger partial charge in [0.05, 0.1) is 21.8 Å². The van der Waals surface area contributed by atoms with Crippen LogP contribution < -0.4 is 11.1 Å². The van der Waals surface area contributed by atoms with Crippen molar-refractivity contribution in [3.8, 4) is 0 Å². The summed E-state index contributed by atoms with van der Waals surface area (Å²) in [5, 5.41) is 7.39. The van der Waals surface area contributed by atoms with Gasteiger partial charge < -0.3 is 11.1 Å². The van der Waals surface area contributed by atoms with E-state index in [0.717, 1.165) is 5.56 Å². The lowest BCUT2D eigenvalue weighted by atomic mass is 10.1. The number of benzene rings is 1. The third-order valence-corrected chi connectivity index (χ3v) is 4.23. The second kappa shape index (κ2) is 5.82. The summed E-state index contributed by atoms with van der Waals surface area (Å²) in [5.41, 5.74) is 7.44. The Morgan fingerprint density at radius 2 is 2.16 bits per heavy atom. The van der Waals surface area contributed by atoms with E-state index in [0.29, 0.717) is 11.3 Å². The van der Waals surface area contributed by atoms with Gasteiger partial charge in [-0.3, -0.25) is 4.79 Å². The highest BCUT2D eigenvalue weighted by Crippen LogP contribution is 2.29. The molecule has 1 heterocycles. The van der Waals surface area contributed by atoms with E-state index >= 15 is 0 Å². The van der Waals surface area contributed by atoms with Gasteiger partial charge in [0.1, 0.15) is 0 Å². The summed E-state index contributed by atoms with van der Waals surface area (Å²) in [6.45, 7) is 1.92. The lowest BCUT2D eigenvalue weighted by Crippen LogP contribution is -2.26. The molecule has 2 rings (SSSR count). The lowest BCUT2D eigenvalue weighted by molar-refractivity contribution is 0.0940. The van der Waals surface area contributed by atoms with Crippen LogP contribution in [0.3, 0.4) is 0 Å². The molecule has 2 aromatic rings. The number of hydrogen-bond donors (Lipinski definition) is 2. The van der Waals surface area contributed by atoms with Gasteiger partial charge in [-0.1, -0.05) is 23.2 Å². The quantitative estimate of drug-likeness (QED) is 0.837. The Bertz CT molecular complexity index is 576. The van der Waals surface area contributed by atoms with E-state index in [-0.39, 0.29) is 22.0 Å². The van der Waals surface area contributed by atoms with Crippen molar-refractivity contribution in [1.82, 2.24) is 5.32 Å². The molecule has 0 spiro atoms. The molecule has 3 N–H and O–H groups in total. The number of anilines is 1. The molecule has 3 nitrogen and oxygen atoms in total. The van der Waals surface area contributed by atoms with E-state index in [9.17, 15) is 4.79 Å². The number of carbonyl (C=O) groups excluding carboxylic acids is 1. The number of rotatable bonds is 3. The number of nitrogens with two attached hydrogens (primary N) is 1. The van der Waals surface area contributed by atoms with Crippen LogP contribution in [0.25, 0.3) is 0 Å². The summed E-state index contributed by atoms with van der Waals surface area (Å²) in [7, 11) is 0. The molecule has 1 aromatic carbocycles. The molecule has 1 atom stereocenters. The third-order valence-electron chi connectivity index (χ3n) is 2.71. The highest BCUT2D eigenvalue weighted by atomic mass is 35.5. The molecule has 0 radical (unpaired) electrons. The second-order valence-corrected chi connectivity index (χ2v) is 5.68. The topological polar surface area (TPSA) is 55.1 Å². The van der Waals surface area contributed by atoms with Crippen molar-refractivity contribution >= 4 is 46.1 Å². The van der Waals surface area contributed by atoms with Crippen molar-refractivity contribution in [1.29, 1.82) is 0 Å². The van der Waals surface area contributed by atoms with Crippen molar-refractivity contribution < 1.29 is 4.79 Å². The molecule has 19 heavy (non-hydrogen) atoms. The Morgan fingerprint density at radius 3 is 2.74 bits per heavy atom. The average Bonchev–Trinajstić information content (AvgIpc) is 2.89. The largest absolute Gasteiger partial charge is 0.397 e. The van der Waals surface area contributed by atoms with Gasteiger partial charge >= 0.3 is 0 Å². The molecule has 0 saturated carbocycles. The molecule has 1 amide bonds. The first-order valence-corrected chi connectivity index (χ1v) is 7.26. The van der Waals surface area contributed by atoms with Crippen LogP contribution in [0.4, 0.5) is 5.69 Å². The second-order valence-electron chi connectivity index (χ2n) is 4.11. The van der Waals surface area contributed by atoms with Crippen molar-refractivity contribution in [2.24, 2.45) is 0 Å². The Morgan fingerprint density at radius 1 is 1.42 bits per heavy atom. The van der Waals surface area contributed by atoms with Crippen LogP contribution >= 0.6 is 34.5 Å². The van der Waals surface area contributed by atoms with E-state index in [4.69, 9.17) is 28.9 Å². The first kappa shape index (κ1) is 14.2. The molecule has 0 aliphatic rings. The number of nitrogens with one attached hydrogen (secondary N) is 1. The van der Waals surface area contributed by atoms with Crippen LogP contribution in [0.15, 0.2) is 29.0 Å². The number of carbonyl (C=O) groups is 1. The van der Waals surface area contributed by atoms with Crippen molar-refractivity contribution in [3.63, 3.8) is 0 Å². The van der Waals surface area contributed by atoms with Gasteiger partial charge in [0, 0.05) is 5.56 Å². The fourth-order valence-corrected chi connectivity index (χ4v) is 2.72. The zero-order valence-electron chi connectivity index (χ0n) is 10.1. The van der Waals surface area contributed by atoms with Crippen LogP contribution in [0, 0.1) is 0 Å². The Labute approximate surface area is 125 Å². The van der Waals surface area contributed by atoms with E-state index < -0.39 is 0 Å². The van der Waals surface area contributed by atoms with Gasteiger partial charge in [-0.2, -0.15) is 11.3 Å². The summed E-state index contributed by atoms with van der Waals surface area (Å²) in [4.78, 5) is 12.1. The molecule has 1 aromatic heterocycles. The van der Waals surface area contributed by atoms with Gasteiger partial charge in [-0.15, -0.1) is 0 Å². The zero-order chi connectivity index (χ0) is 14.0. The molecular formula is C13H12Cl2N2OS. The monoisotopic (exact) mass is 314 g/mol. The summed E-state index contributed by atoms with van der Waals surface area (Å²) in [6.07, 6.45) is 0. The number of hydrogen-bond acceptors (Lipinski definition) is 3. The summed E-state index contributed by atoms with van der Waals surface area (Å²) in [5.74, 6) is -0.232. The smallest absolute Gasteiger partial charge is 0.251 e. The van der Waals surface area contributed by atoms with Gasteiger partial charge in [-0.25, -0.2) is 0 Å². The summed E-state index contributed by atoms with van der Waals surface area (Å²) >= 11 is 13.4. The minimum absolute atomic E-state index is 0.0746. The van der Waals surface area contributed by atoms with Gasteiger partial charge in [0.15, 0.2) is 0 Å². The maximum absolute atomic E-state index is 12.1. The predicted molar refractivity (Wildman–Crippen MR) is 81.1 cm³/mol. The summed E-state index contributed by atoms with van der Waals surface area (Å²) < 4.78 is 0. The molecule has 1 unspecified atom stereocenters. The van der Waals surface area contributed by atoms with E-state index in [1.165, 1.54) is 12.1 Å². The van der Waals surface area contributed by atoms with Gasteiger partial charge in [0.2, 0.25) is 0 Å². The van der Waals surface area contributed by atoms with Crippen LogP contribution in [0.1, 0.15) is 28.9 Å². The highest BCUT2D eigenvalue weighted by Gasteiger charge is 2.14. The first-order valence-electron chi connectivity index (χ1n) is 5.56. The molecule has 6 heteroatoms. The molecular weight excluding hydrogens is 303 g/mol. The SMILES string of the molecule is CC(NC(=O)c1cc(N)c(Cl)c(Cl)c1)c1ccsc1. The average molecular weight is 315 g/mol. The van der Waals surface area contributed by atoms with Crippen LogP contribution in [-0.2, 0) is 0 Å².